The molecule has 6 nitrogen and oxygen atoms in total. The summed E-state index contributed by atoms with van der Waals surface area (Å²) in [4.78, 5) is 13.6. The van der Waals surface area contributed by atoms with Crippen molar-refractivity contribution in [2.24, 2.45) is 0 Å². The van der Waals surface area contributed by atoms with Crippen LogP contribution in [0.2, 0.25) is 0 Å². The van der Waals surface area contributed by atoms with Crippen molar-refractivity contribution in [3.05, 3.63) is 35.9 Å². The summed E-state index contributed by atoms with van der Waals surface area (Å²) in [5.41, 5.74) is 0.978. The Hall–Kier alpha value is -1.47. The quantitative estimate of drug-likeness (QED) is 0.781. The summed E-state index contributed by atoms with van der Waals surface area (Å²) in [6.07, 6.45) is -2.21. The van der Waals surface area contributed by atoms with Gasteiger partial charge in [0.25, 0.3) is 5.91 Å². The summed E-state index contributed by atoms with van der Waals surface area (Å²) in [6.45, 7) is 3.69. The van der Waals surface area contributed by atoms with E-state index in [4.69, 9.17) is 9.47 Å². The number of hydrogen-bond donors (Lipinski definition) is 2. The van der Waals surface area contributed by atoms with Gasteiger partial charge in [-0.25, -0.2) is 0 Å². The molecule has 2 aliphatic rings. The molecule has 2 saturated heterocycles. The Bertz CT molecular complexity index is 547. The molecule has 120 valence electrons. The number of hydrogen-bond acceptors (Lipinski definition) is 5. The first-order chi connectivity index (χ1) is 10.4. The lowest BCUT2D eigenvalue weighted by Gasteiger charge is -2.47. The molecule has 0 saturated carbocycles. The molecule has 0 aliphatic carbocycles. The summed E-state index contributed by atoms with van der Waals surface area (Å²) >= 11 is 0. The monoisotopic (exact) mass is 307 g/mol. The number of carbonyl (C=O) groups excluding carboxylic acids is 1. The zero-order valence-corrected chi connectivity index (χ0v) is 12.7. The molecule has 1 aromatic carbocycles. The molecule has 2 aliphatic heterocycles. The fourth-order valence-electron chi connectivity index (χ4n) is 3.17. The standard InChI is InChI=1S/C16H21NO5/c1-16(2)21-11(9-18)14(22-16)12-13(19)15(20)17(12)8-10-6-4-3-5-7-10/h3-7,11-14,18-19H,8-9H2,1-2H3/t11-,12+,13+,14+/m1/s1. The van der Waals surface area contributed by atoms with Gasteiger partial charge in [-0.15, -0.1) is 0 Å². The van der Waals surface area contributed by atoms with E-state index in [9.17, 15) is 15.0 Å². The minimum Gasteiger partial charge on any atom is -0.394 e. The van der Waals surface area contributed by atoms with E-state index in [1.807, 2.05) is 30.3 Å². The number of likely N-dealkylation sites (tertiary alicyclic amines) is 1. The summed E-state index contributed by atoms with van der Waals surface area (Å²) in [5.74, 6) is -1.16. The van der Waals surface area contributed by atoms with E-state index in [1.54, 1.807) is 18.7 Å². The van der Waals surface area contributed by atoms with Gasteiger partial charge in [-0.1, -0.05) is 30.3 Å². The van der Waals surface area contributed by atoms with Crippen molar-refractivity contribution in [2.75, 3.05) is 6.61 Å². The number of β-lactam (4-membered cyclic amide) rings is 1. The first kappa shape index (κ1) is 15.4. The van der Waals surface area contributed by atoms with Gasteiger partial charge in [0.1, 0.15) is 12.2 Å². The third-order valence-corrected chi connectivity index (χ3v) is 4.15. The van der Waals surface area contributed by atoms with Crippen LogP contribution in [-0.2, 0) is 20.8 Å². The van der Waals surface area contributed by atoms with Crippen molar-refractivity contribution in [2.45, 2.75) is 50.5 Å². The first-order valence-corrected chi connectivity index (χ1v) is 7.42. The van der Waals surface area contributed by atoms with Gasteiger partial charge in [0, 0.05) is 6.54 Å². The van der Waals surface area contributed by atoms with E-state index in [0.29, 0.717) is 6.54 Å². The number of benzene rings is 1. The van der Waals surface area contributed by atoms with Crippen LogP contribution in [0, 0.1) is 0 Å². The van der Waals surface area contributed by atoms with Gasteiger partial charge in [0.15, 0.2) is 11.9 Å². The molecular formula is C16H21NO5. The molecule has 0 unspecified atom stereocenters. The lowest BCUT2D eigenvalue weighted by Crippen LogP contribution is -2.70. The maximum absolute atomic E-state index is 12.0. The largest absolute Gasteiger partial charge is 0.394 e. The third-order valence-electron chi connectivity index (χ3n) is 4.15. The van der Waals surface area contributed by atoms with Crippen molar-refractivity contribution >= 4 is 5.91 Å². The Balaban J connectivity index is 1.78. The fraction of sp³-hybridized carbons (Fsp3) is 0.562. The van der Waals surface area contributed by atoms with Crippen LogP contribution in [0.25, 0.3) is 0 Å². The minimum atomic E-state index is -1.11. The predicted molar refractivity (Wildman–Crippen MR) is 77.7 cm³/mol. The average molecular weight is 307 g/mol. The van der Waals surface area contributed by atoms with Crippen LogP contribution in [0.4, 0.5) is 0 Å². The normalized spacial score (nSPS) is 33.8. The van der Waals surface area contributed by atoms with Gasteiger partial charge < -0.3 is 24.6 Å². The highest BCUT2D eigenvalue weighted by molar-refractivity contribution is 5.88. The Kier molecular flexibility index (Phi) is 3.94. The summed E-state index contributed by atoms with van der Waals surface area (Å²) in [6, 6.07) is 9.06. The number of carbonyl (C=O) groups is 1. The predicted octanol–water partition coefficient (Wildman–Crippen LogP) is 0.271. The van der Waals surface area contributed by atoms with Crippen LogP contribution < -0.4 is 0 Å². The van der Waals surface area contributed by atoms with E-state index < -0.39 is 30.1 Å². The van der Waals surface area contributed by atoms with Crippen LogP contribution >= 0.6 is 0 Å². The molecule has 0 bridgehead atoms. The second kappa shape index (κ2) is 5.62. The molecular weight excluding hydrogens is 286 g/mol. The SMILES string of the molecule is CC1(C)O[C@H]([C@@H]2[C@H](O)C(=O)N2Cc2ccccc2)[C@@H](CO)O1. The molecule has 4 atom stereocenters. The van der Waals surface area contributed by atoms with Gasteiger partial charge in [-0.05, 0) is 19.4 Å². The molecule has 3 rings (SSSR count). The Morgan fingerprint density at radius 1 is 1.23 bits per heavy atom. The average Bonchev–Trinajstić information content (AvgIpc) is 2.82. The maximum atomic E-state index is 12.0. The Labute approximate surface area is 129 Å². The first-order valence-electron chi connectivity index (χ1n) is 7.42. The molecule has 2 N–H and O–H groups in total. The second-order valence-electron chi connectivity index (χ2n) is 6.21. The van der Waals surface area contributed by atoms with Crippen LogP contribution in [0.3, 0.4) is 0 Å². The van der Waals surface area contributed by atoms with E-state index in [-0.39, 0.29) is 12.5 Å². The van der Waals surface area contributed by atoms with Gasteiger partial charge in [-0.2, -0.15) is 0 Å². The highest BCUT2D eigenvalue weighted by Crippen LogP contribution is 2.37. The van der Waals surface area contributed by atoms with Gasteiger partial charge in [0.2, 0.25) is 0 Å². The van der Waals surface area contributed by atoms with Crippen molar-refractivity contribution in [3.63, 3.8) is 0 Å². The Morgan fingerprint density at radius 3 is 2.55 bits per heavy atom. The third kappa shape index (κ3) is 2.63. The second-order valence-corrected chi connectivity index (χ2v) is 6.21. The lowest BCUT2D eigenvalue weighted by molar-refractivity contribution is -0.190. The molecule has 0 radical (unpaired) electrons. The number of ether oxygens (including phenoxy) is 2. The van der Waals surface area contributed by atoms with Crippen LogP contribution in [0.15, 0.2) is 30.3 Å². The smallest absolute Gasteiger partial charge is 0.254 e. The highest BCUT2D eigenvalue weighted by atomic mass is 16.8. The van der Waals surface area contributed by atoms with Crippen LogP contribution in [0.1, 0.15) is 19.4 Å². The molecule has 6 heteroatoms. The van der Waals surface area contributed by atoms with Crippen molar-refractivity contribution in [1.82, 2.24) is 4.90 Å². The molecule has 1 amide bonds. The minimum absolute atomic E-state index is 0.218. The topological polar surface area (TPSA) is 79.2 Å². The van der Waals surface area contributed by atoms with E-state index >= 15 is 0 Å². The van der Waals surface area contributed by atoms with E-state index in [1.165, 1.54) is 0 Å². The van der Waals surface area contributed by atoms with Crippen LogP contribution in [-0.4, -0.2) is 57.8 Å². The number of amides is 1. The molecule has 22 heavy (non-hydrogen) atoms. The summed E-state index contributed by atoms with van der Waals surface area (Å²) < 4.78 is 11.4. The lowest BCUT2D eigenvalue weighted by atomic mass is 9.89. The zero-order valence-electron chi connectivity index (χ0n) is 12.7. The number of rotatable bonds is 4. The summed E-state index contributed by atoms with van der Waals surface area (Å²) in [7, 11) is 0. The van der Waals surface area contributed by atoms with Gasteiger partial charge in [0.05, 0.1) is 12.6 Å². The molecule has 2 fully saturated rings. The van der Waals surface area contributed by atoms with Crippen LogP contribution in [0.5, 0.6) is 0 Å². The molecule has 0 spiro atoms. The van der Waals surface area contributed by atoms with E-state index in [0.717, 1.165) is 5.56 Å². The molecule has 1 aromatic rings. The number of nitrogens with zero attached hydrogens (tertiary/aromatic N) is 1. The van der Waals surface area contributed by atoms with Gasteiger partial charge >= 0.3 is 0 Å². The maximum Gasteiger partial charge on any atom is 0.254 e. The summed E-state index contributed by atoms with van der Waals surface area (Å²) in [5, 5.41) is 19.5. The van der Waals surface area contributed by atoms with Crippen molar-refractivity contribution in [3.8, 4) is 0 Å². The highest BCUT2D eigenvalue weighted by Gasteiger charge is 2.57. The Morgan fingerprint density at radius 2 is 1.91 bits per heavy atom. The van der Waals surface area contributed by atoms with Gasteiger partial charge in [-0.3, -0.25) is 4.79 Å². The molecule has 0 aromatic heterocycles. The van der Waals surface area contributed by atoms with Crippen molar-refractivity contribution < 1.29 is 24.5 Å². The number of aliphatic hydroxyl groups excluding tert-OH is 2. The molecule has 2 heterocycles. The number of aliphatic hydroxyl groups is 2. The van der Waals surface area contributed by atoms with Crippen molar-refractivity contribution in [1.29, 1.82) is 0 Å². The zero-order chi connectivity index (χ0) is 15.9. The fourth-order valence-corrected chi connectivity index (χ4v) is 3.17. The van der Waals surface area contributed by atoms with E-state index in [2.05, 4.69) is 0 Å².